The summed E-state index contributed by atoms with van der Waals surface area (Å²) >= 11 is 0. The van der Waals surface area contributed by atoms with Gasteiger partial charge in [0.15, 0.2) is 6.19 Å². The van der Waals surface area contributed by atoms with Crippen LogP contribution in [0.3, 0.4) is 0 Å². The van der Waals surface area contributed by atoms with Crippen molar-refractivity contribution in [2.45, 2.75) is 30.9 Å². The van der Waals surface area contributed by atoms with Crippen molar-refractivity contribution in [3.05, 3.63) is 35.9 Å². The van der Waals surface area contributed by atoms with Gasteiger partial charge < -0.3 is 4.90 Å². The minimum absolute atomic E-state index is 0.350. The first-order valence-corrected chi connectivity index (χ1v) is 9.77. The third-order valence-corrected chi connectivity index (χ3v) is 7.32. The van der Waals surface area contributed by atoms with E-state index in [1.165, 1.54) is 5.56 Å². The van der Waals surface area contributed by atoms with Crippen molar-refractivity contribution in [2.75, 3.05) is 26.2 Å². The van der Waals surface area contributed by atoms with Crippen molar-refractivity contribution in [3.8, 4) is 6.19 Å². The van der Waals surface area contributed by atoms with Crippen molar-refractivity contribution < 1.29 is 8.42 Å². The van der Waals surface area contributed by atoms with Crippen molar-refractivity contribution >= 4 is 10.0 Å². The maximum atomic E-state index is 12.7. The van der Waals surface area contributed by atoms with Gasteiger partial charge in [-0.25, -0.2) is 12.7 Å². The van der Waals surface area contributed by atoms with E-state index in [0.717, 1.165) is 19.3 Å². The second-order valence-corrected chi connectivity index (χ2v) is 8.75. The zero-order chi connectivity index (χ0) is 16.3. The lowest BCUT2D eigenvalue weighted by atomic mass is 9.91. The summed E-state index contributed by atoms with van der Waals surface area (Å²) in [6, 6.07) is 10.4. The Morgan fingerprint density at radius 1 is 1.09 bits per heavy atom. The number of rotatable bonds is 4. The molecule has 0 amide bonds. The summed E-state index contributed by atoms with van der Waals surface area (Å²) in [5.41, 5.74) is 1.33. The molecule has 1 unspecified atom stereocenters. The molecule has 2 fully saturated rings. The average molecular weight is 333 g/mol. The fourth-order valence-corrected chi connectivity index (χ4v) is 5.50. The molecule has 6 heteroatoms. The van der Waals surface area contributed by atoms with Gasteiger partial charge in [-0.2, -0.15) is 5.26 Å². The highest BCUT2D eigenvalue weighted by Crippen LogP contribution is 2.27. The van der Waals surface area contributed by atoms with Crippen LogP contribution in [-0.4, -0.2) is 49.1 Å². The quantitative estimate of drug-likeness (QED) is 0.789. The van der Waals surface area contributed by atoms with Gasteiger partial charge in [-0.1, -0.05) is 30.3 Å². The summed E-state index contributed by atoms with van der Waals surface area (Å²) in [5.74, 6) is 0.558. The number of likely N-dealkylation sites (tertiary alicyclic amines) is 1. The van der Waals surface area contributed by atoms with Crippen molar-refractivity contribution in [1.29, 1.82) is 5.26 Å². The van der Waals surface area contributed by atoms with Crippen molar-refractivity contribution in [1.82, 2.24) is 9.21 Å². The van der Waals surface area contributed by atoms with Crippen LogP contribution in [0.25, 0.3) is 0 Å². The molecule has 0 N–H and O–H groups in total. The molecule has 2 aliphatic rings. The number of nitriles is 1. The van der Waals surface area contributed by atoms with Gasteiger partial charge in [-0.3, -0.25) is 0 Å². The van der Waals surface area contributed by atoms with Crippen LogP contribution in [-0.2, 0) is 16.4 Å². The molecule has 1 atom stereocenters. The van der Waals surface area contributed by atoms with Gasteiger partial charge in [-0.05, 0) is 37.2 Å². The maximum absolute atomic E-state index is 12.7. The molecule has 0 aromatic heterocycles. The lowest BCUT2D eigenvalue weighted by Gasteiger charge is -2.33. The molecule has 0 aliphatic carbocycles. The van der Waals surface area contributed by atoms with E-state index < -0.39 is 15.3 Å². The Balaban J connectivity index is 1.55. The molecule has 124 valence electrons. The topological polar surface area (TPSA) is 64.4 Å². The largest absolute Gasteiger partial charge is 0.309 e. The first-order chi connectivity index (χ1) is 11.1. The third kappa shape index (κ3) is 3.67. The smallest absolute Gasteiger partial charge is 0.218 e. The summed E-state index contributed by atoms with van der Waals surface area (Å²) in [7, 11) is -3.26. The standard InChI is InChI=1S/C17H23N3O2S/c18-14-19-9-8-17(13-19)23(21,22)20-10-6-16(7-11-20)12-15-4-2-1-3-5-15/h1-5,16-17H,6-13H2. The second kappa shape index (κ2) is 6.90. The second-order valence-electron chi connectivity index (χ2n) is 6.53. The van der Waals surface area contributed by atoms with E-state index in [4.69, 9.17) is 5.26 Å². The van der Waals surface area contributed by atoms with E-state index >= 15 is 0 Å². The molecule has 2 heterocycles. The molecule has 3 rings (SSSR count). The molecule has 23 heavy (non-hydrogen) atoms. The van der Waals surface area contributed by atoms with Crippen LogP contribution in [0.4, 0.5) is 0 Å². The summed E-state index contributed by atoms with van der Waals surface area (Å²) in [5, 5.41) is 8.49. The Bertz CT molecular complexity index is 661. The van der Waals surface area contributed by atoms with Gasteiger partial charge in [0.2, 0.25) is 10.0 Å². The van der Waals surface area contributed by atoms with Crippen LogP contribution < -0.4 is 0 Å². The molecule has 1 aromatic rings. The summed E-state index contributed by atoms with van der Waals surface area (Å²) in [6.07, 6.45) is 5.49. The van der Waals surface area contributed by atoms with E-state index in [0.29, 0.717) is 38.5 Å². The SMILES string of the molecule is N#CN1CCC(S(=O)(=O)N2CCC(Cc3ccccc3)CC2)C1. The molecular formula is C17H23N3O2S. The van der Waals surface area contributed by atoms with Gasteiger partial charge in [0.1, 0.15) is 0 Å². The van der Waals surface area contributed by atoms with Crippen molar-refractivity contribution in [3.63, 3.8) is 0 Å². The van der Waals surface area contributed by atoms with Gasteiger partial charge in [0.25, 0.3) is 0 Å². The predicted octanol–water partition coefficient (Wildman–Crippen LogP) is 1.83. The zero-order valence-corrected chi connectivity index (χ0v) is 14.1. The molecule has 2 aliphatic heterocycles. The highest BCUT2D eigenvalue weighted by molar-refractivity contribution is 7.89. The van der Waals surface area contributed by atoms with Crippen LogP contribution in [0.15, 0.2) is 30.3 Å². The van der Waals surface area contributed by atoms with Gasteiger partial charge in [-0.15, -0.1) is 0 Å². The Morgan fingerprint density at radius 2 is 1.78 bits per heavy atom. The van der Waals surface area contributed by atoms with Crippen molar-refractivity contribution in [2.24, 2.45) is 5.92 Å². The number of hydrogen-bond donors (Lipinski definition) is 0. The third-order valence-electron chi connectivity index (χ3n) is 5.01. The van der Waals surface area contributed by atoms with Crippen LogP contribution in [0, 0.1) is 17.4 Å². The van der Waals surface area contributed by atoms with Crippen LogP contribution in [0.1, 0.15) is 24.8 Å². The average Bonchev–Trinajstić information content (AvgIpc) is 3.06. The van der Waals surface area contributed by atoms with Gasteiger partial charge in [0.05, 0.1) is 5.25 Å². The normalized spacial score (nSPS) is 23.8. The molecule has 1 aromatic carbocycles. The Kier molecular flexibility index (Phi) is 4.88. The van der Waals surface area contributed by atoms with Crippen LogP contribution in [0.2, 0.25) is 0 Å². The van der Waals surface area contributed by atoms with E-state index in [-0.39, 0.29) is 0 Å². The van der Waals surface area contributed by atoms with E-state index in [9.17, 15) is 8.42 Å². The lowest BCUT2D eigenvalue weighted by molar-refractivity contribution is 0.270. The van der Waals surface area contributed by atoms with Crippen LogP contribution in [0.5, 0.6) is 0 Å². The highest BCUT2D eigenvalue weighted by atomic mass is 32.2. The van der Waals surface area contributed by atoms with Gasteiger partial charge in [0, 0.05) is 26.2 Å². The first-order valence-electron chi connectivity index (χ1n) is 8.27. The summed E-state index contributed by atoms with van der Waals surface area (Å²) in [6.45, 7) is 2.14. The molecule has 0 spiro atoms. The predicted molar refractivity (Wildman–Crippen MR) is 89.0 cm³/mol. The number of hydrogen-bond acceptors (Lipinski definition) is 4. The summed E-state index contributed by atoms with van der Waals surface area (Å²) < 4.78 is 27.1. The number of benzene rings is 1. The van der Waals surface area contributed by atoms with E-state index in [2.05, 4.69) is 30.5 Å². The molecule has 0 saturated carbocycles. The maximum Gasteiger partial charge on any atom is 0.218 e. The highest BCUT2D eigenvalue weighted by Gasteiger charge is 2.38. The van der Waals surface area contributed by atoms with Crippen LogP contribution >= 0.6 is 0 Å². The Labute approximate surface area is 138 Å². The Hall–Kier alpha value is -1.58. The molecule has 0 radical (unpaired) electrons. The molecular weight excluding hydrogens is 310 g/mol. The fraction of sp³-hybridized carbons (Fsp3) is 0.588. The number of sulfonamides is 1. The Morgan fingerprint density at radius 3 is 2.39 bits per heavy atom. The summed E-state index contributed by atoms with van der Waals surface area (Å²) in [4.78, 5) is 1.55. The lowest BCUT2D eigenvalue weighted by Crippen LogP contribution is -2.44. The molecule has 0 bridgehead atoms. The number of piperidine rings is 1. The minimum Gasteiger partial charge on any atom is -0.309 e. The number of nitrogens with zero attached hydrogens (tertiary/aromatic N) is 3. The minimum atomic E-state index is -3.26. The monoisotopic (exact) mass is 333 g/mol. The zero-order valence-electron chi connectivity index (χ0n) is 13.3. The first kappa shape index (κ1) is 16.3. The van der Waals surface area contributed by atoms with E-state index in [1.54, 1.807) is 9.21 Å². The molecule has 2 saturated heterocycles. The molecule has 5 nitrogen and oxygen atoms in total. The van der Waals surface area contributed by atoms with E-state index in [1.807, 2.05) is 6.07 Å². The fourth-order valence-electron chi connectivity index (χ4n) is 3.59. The van der Waals surface area contributed by atoms with Gasteiger partial charge >= 0.3 is 0 Å².